The lowest BCUT2D eigenvalue weighted by Crippen LogP contribution is -2.51. The van der Waals surface area contributed by atoms with Gasteiger partial charge in [0.05, 0.1) is 17.8 Å². The number of aromatic nitrogens is 3. The predicted molar refractivity (Wildman–Crippen MR) is 142 cm³/mol. The van der Waals surface area contributed by atoms with E-state index in [-0.39, 0.29) is 18.4 Å². The Morgan fingerprint density at radius 3 is 2.56 bits per heavy atom. The van der Waals surface area contributed by atoms with E-state index in [1.54, 1.807) is 10.7 Å². The van der Waals surface area contributed by atoms with Gasteiger partial charge >= 0.3 is 0 Å². The number of carbonyl (C=O) groups excluding carboxylic acids is 2. The van der Waals surface area contributed by atoms with Crippen LogP contribution in [-0.4, -0.2) is 39.0 Å². The van der Waals surface area contributed by atoms with Gasteiger partial charge in [-0.05, 0) is 62.9 Å². The van der Waals surface area contributed by atoms with Crippen LogP contribution in [-0.2, 0) is 16.1 Å². The molecule has 9 heteroatoms. The molecule has 0 aliphatic carbocycles. The van der Waals surface area contributed by atoms with Crippen molar-refractivity contribution in [3.63, 3.8) is 0 Å². The highest BCUT2D eigenvalue weighted by Crippen LogP contribution is 2.37. The highest BCUT2D eigenvalue weighted by molar-refractivity contribution is 7.10. The molecule has 0 fully saturated rings. The number of nitrogens with zero attached hydrogens (tertiary/aromatic N) is 4. The Bertz CT molecular complexity index is 1330. The number of rotatable bonds is 10. The number of ether oxygens (including phenoxy) is 1. The molecule has 2 aromatic carbocycles. The highest BCUT2D eigenvalue weighted by atomic mass is 32.1. The van der Waals surface area contributed by atoms with Crippen molar-refractivity contribution in [3.05, 3.63) is 70.9 Å². The Labute approximate surface area is 214 Å². The molecule has 2 aromatic heterocycles. The van der Waals surface area contributed by atoms with E-state index in [2.05, 4.69) is 15.6 Å². The summed E-state index contributed by atoms with van der Waals surface area (Å²) in [7, 11) is 0. The van der Waals surface area contributed by atoms with E-state index in [1.807, 2.05) is 87.7 Å². The molecule has 2 amide bonds. The maximum atomic E-state index is 14.1. The van der Waals surface area contributed by atoms with Crippen molar-refractivity contribution in [3.8, 4) is 5.75 Å². The minimum absolute atomic E-state index is 0.0900. The summed E-state index contributed by atoms with van der Waals surface area (Å²) in [6, 6.07) is 17.6. The van der Waals surface area contributed by atoms with E-state index in [1.165, 1.54) is 16.2 Å². The summed E-state index contributed by atoms with van der Waals surface area (Å²) in [4.78, 5) is 30.2. The van der Waals surface area contributed by atoms with Crippen LogP contribution in [0.1, 0.15) is 45.0 Å². The first-order valence-electron chi connectivity index (χ1n) is 12.0. The van der Waals surface area contributed by atoms with Gasteiger partial charge in [0, 0.05) is 10.4 Å². The Kier molecular flexibility index (Phi) is 7.69. The van der Waals surface area contributed by atoms with E-state index >= 15 is 0 Å². The molecular formula is C27H31N5O3S. The molecule has 1 N–H and O–H groups in total. The number of carbonyl (C=O) groups is 2. The third kappa shape index (κ3) is 5.41. The molecule has 0 aliphatic rings. The van der Waals surface area contributed by atoms with Crippen LogP contribution in [0, 0.1) is 0 Å². The molecule has 4 aromatic rings. The number of thiophene rings is 1. The number of para-hydroxylation sites is 3. The molecular weight excluding hydrogens is 474 g/mol. The highest BCUT2D eigenvalue weighted by Gasteiger charge is 2.37. The van der Waals surface area contributed by atoms with Gasteiger partial charge in [0.2, 0.25) is 11.8 Å². The number of nitrogens with one attached hydrogen (secondary N) is 1. The van der Waals surface area contributed by atoms with Crippen LogP contribution in [0.15, 0.2) is 66.0 Å². The minimum atomic E-state index is -0.889. The zero-order chi connectivity index (χ0) is 25.7. The lowest BCUT2D eigenvalue weighted by molar-refractivity contribution is -0.128. The molecule has 0 radical (unpaired) electrons. The summed E-state index contributed by atoms with van der Waals surface area (Å²) in [6.45, 7) is 8.18. The zero-order valence-electron chi connectivity index (χ0n) is 21.0. The van der Waals surface area contributed by atoms with Gasteiger partial charge in [-0.1, -0.05) is 42.5 Å². The van der Waals surface area contributed by atoms with Crippen molar-refractivity contribution < 1.29 is 14.3 Å². The van der Waals surface area contributed by atoms with Crippen LogP contribution >= 0.6 is 11.3 Å². The SMILES string of the molecule is CCOc1ccccc1N(C(=O)Cn1nnc2ccccc21)[C@H](C(=O)NC(C)(C)CC)c1cccs1. The van der Waals surface area contributed by atoms with E-state index < -0.39 is 11.6 Å². The van der Waals surface area contributed by atoms with Gasteiger partial charge in [0.1, 0.15) is 23.9 Å². The van der Waals surface area contributed by atoms with Crippen LogP contribution in [0.2, 0.25) is 0 Å². The molecule has 0 saturated carbocycles. The van der Waals surface area contributed by atoms with Crippen LogP contribution in [0.4, 0.5) is 5.69 Å². The average molecular weight is 506 g/mol. The van der Waals surface area contributed by atoms with Crippen LogP contribution < -0.4 is 15.0 Å². The quantitative estimate of drug-likeness (QED) is 0.329. The summed E-state index contributed by atoms with van der Waals surface area (Å²) in [6.07, 6.45) is 0.740. The molecule has 0 bridgehead atoms. The third-order valence-corrected chi connectivity index (χ3v) is 6.99. The topological polar surface area (TPSA) is 89.3 Å². The van der Waals surface area contributed by atoms with Crippen molar-refractivity contribution in [2.45, 2.75) is 52.2 Å². The second-order valence-electron chi connectivity index (χ2n) is 9.04. The number of fused-ring (bicyclic) bond motifs is 1. The lowest BCUT2D eigenvalue weighted by atomic mass is 10.0. The summed E-state index contributed by atoms with van der Waals surface area (Å²) < 4.78 is 7.45. The molecule has 0 spiro atoms. The van der Waals surface area contributed by atoms with Gasteiger partial charge in [0.15, 0.2) is 0 Å². The molecule has 8 nitrogen and oxygen atoms in total. The van der Waals surface area contributed by atoms with Crippen LogP contribution in [0.25, 0.3) is 11.0 Å². The second kappa shape index (κ2) is 10.9. The molecule has 36 heavy (non-hydrogen) atoms. The van der Waals surface area contributed by atoms with Crippen LogP contribution in [0.5, 0.6) is 5.75 Å². The molecule has 0 unspecified atom stereocenters. The van der Waals surface area contributed by atoms with Gasteiger partial charge < -0.3 is 10.1 Å². The predicted octanol–water partition coefficient (Wildman–Crippen LogP) is 4.97. The fourth-order valence-electron chi connectivity index (χ4n) is 3.90. The summed E-state index contributed by atoms with van der Waals surface area (Å²) in [5.74, 6) is -0.0334. The van der Waals surface area contributed by atoms with Crippen LogP contribution in [0.3, 0.4) is 0 Å². The Hall–Kier alpha value is -3.72. The molecule has 4 rings (SSSR count). The maximum Gasteiger partial charge on any atom is 0.249 e. The van der Waals surface area contributed by atoms with E-state index in [0.29, 0.717) is 23.6 Å². The van der Waals surface area contributed by atoms with Gasteiger partial charge in [0.25, 0.3) is 0 Å². The van der Waals surface area contributed by atoms with E-state index in [9.17, 15) is 9.59 Å². The number of anilines is 1. The first-order chi connectivity index (χ1) is 17.3. The summed E-state index contributed by atoms with van der Waals surface area (Å²) in [5.41, 5.74) is 1.52. The molecule has 188 valence electrons. The zero-order valence-corrected chi connectivity index (χ0v) is 21.8. The standard InChI is InChI=1S/C27H31N5O3S/c1-5-27(3,4)28-26(34)25(23-16-11-17-36-23)32(21-14-9-10-15-22(21)35-6-2)24(33)18-31-20-13-8-7-12-19(20)29-30-31/h7-17,25H,5-6,18H2,1-4H3,(H,28,34)/t25-/m0/s1. The molecule has 1 atom stereocenters. The first-order valence-corrected chi connectivity index (χ1v) is 12.9. The first kappa shape index (κ1) is 25.4. The van der Waals surface area contributed by atoms with Gasteiger partial charge in [-0.25, -0.2) is 4.68 Å². The monoisotopic (exact) mass is 505 g/mol. The van der Waals surface area contributed by atoms with Gasteiger partial charge in [-0.3, -0.25) is 14.5 Å². The molecule has 0 aliphatic heterocycles. The van der Waals surface area contributed by atoms with Crippen molar-refractivity contribution in [2.24, 2.45) is 0 Å². The third-order valence-electron chi connectivity index (χ3n) is 6.06. The van der Waals surface area contributed by atoms with Crippen molar-refractivity contribution >= 4 is 39.9 Å². The lowest BCUT2D eigenvalue weighted by Gasteiger charge is -2.34. The van der Waals surface area contributed by atoms with Crippen molar-refractivity contribution in [1.82, 2.24) is 20.3 Å². The maximum absolute atomic E-state index is 14.1. The fourth-order valence-corrected chi connectivity index (χ4v) is 4.71. The molecule has 0 saturated heterocycles. The normalized spacial score (nSPS) is 12.3. The Morgan fingerprint density at radius 2 is 1.83 bits per heavy atom. The number of amides is 2. The minimum Gasteiger partial charge on any atom is -0.492 e. The van der Waals surface area contributed by atoms with Crippen molar-refractivity contribution in [1.29, 1.82) is 0 Å². The average Bonchev–Trinajstić information content (AvgIpc) is 3.53. The fraction of sp³-hybridized carbons (Fsp3) is 0.333. The second-order valence-corrected chi connectivity index (χ2v) is 10.0. The number of benzene rings is 2. The summed E-state index contributed by atoms with van der Waals surface area (Å²) >= 11 is 1.43. The summed E-state index contributed by atoms with van der Waals surface area (Å²) in [5, 5.41) is 13.4. The Morgan fingerprint density at radius 1 is 1.08 bits per heavy atom. The molecule has 2 heterocycles. The van der Waals surface area contributed by atoms with Crippen molar-refractivity contribution in [2.75, 3.05) is 11.5 Å². The Balaban J connectivity index is 1.82. The number of hydrogen-bond acceptors (Lipinski definition) is 6. The van der Waals surface area contributed by atoms with Gasteiger partial charge in [-0.2, -0.15) is 0 Å². The smallest absolute Gasteiger partial charge is 0.249 e. The van der Waals surface area contributed by atoms with E-state index in [0.717, 1.165) is 16.8 Å². The number of hydrogen-bond donors (Lipinski definition) is 1. The van der Waals surface area contributed by atoms with E-state index in [4.69, 9.17) is 4.74 Å². The largest absolute Gasteiger partial charge is 0.492 e. The van der Waals surface area contributed by atoms with Gasteiger partial charge in [-0.15, -0.1) is 16.4 Å².